The summed E-state index contributed by atoms with van der Waals surface area (Å²) in [6.45, 7) is 6.35. The van der Waals surface area contributed by atoms with Crippen molar-refractivity contribution < 1.29 is 28.6 Å². The van der Waals surface area contributed by atoms with Crippen LogP contribution in [0.25, 0.3) is 0 Å². The Labute approximate surface area is 380 Å². The van der Waals surface area contributed by atoms with Crippen LogP contribution in [-0.2, 0) is 28.6 Å². The monoisotopic (exact) mass is 859 g/mol. The molecule has 1 atom stereocenters. The molecular formula is C56H90O6. The minimum atomic E-state index is -0.806. The van der Waals surface area contributed by atoms with E-state index in [1.807, 2.05) is 0 Å². The van der Waals surface area contributed by atoms with Gasteiger partial charge in [-0.3, -0.25) is 14.4 Å². The van der Waals surface area contributed by atoms with E-state index < -0.39 is 6.10 Å². The average molecular weight is 859 g/mol. The van der Waals surface area contributed by atoms with E-state index in [1.54, 1.807) is 0 Å². The summed E-state index contributed by atoms with van der Waals surface area (Å²) < 4.78 is 16.6. The van der Waals surface area contributed by atoms with Gasteiger partial charge in [-0.05, 0) is 103 Å². The molecule has 0 aliphatic heterocycles. The first-order chi connectivity index (χ1) is 30.5. The molecule has 350 valence electrons. The zero-order chi connectivity index (χ0) is 45.1. The van der Waals surface area contributed by atoms with Crippen LogP contribution in [0.5, 0.6) is 0 Å². The van der Waals surface area contributed by atoms with Gasteiger partial charge in [0.25, 0.3) is 0 Å². The van der Waals surface area contributed by atoms with Gasteiger partial charge in [-0.1, -0.05) is 194 Å². The summed E-state index contributed by atoms with van der Waals surface area (Å²) in [4.78, 5) is 37.7. The minimum Gasteiger partial charge on any atom is -0.462 e. The van der Waals surface area contributed by atoms with E-state index in [0.717, 1.165) is 116 Å². The lowest BCUT2D eigenvalue weighted by molar-refractivity contribution is -0.167. The zero-order valence-electron chi connectivity index (χ0n) is 39.8. The lowest BCUT2D eigenvalue weighted by atomic mass is 10.1. The van der Waals surface area contributed by atoms with Gasteiger partial charge < -0.3 is 14.2 Å². The van der Waals surface area contributed by atoms with Crippen LogP contribution in [0.15, 0.2) is 109 Å². The molecule has 0 aliphatic carbocycles. The van der Waals surface area contributed by atoms with Crippen molar-refractivity contribution in [3.8, 4) is 0 Å². The zero-order valence-corrected chi connectivity index (χ0v) is 39.8. The standard InChI is InChI=1S/C56H90O6/c1-4-7-10-13-16-18-20-22-24-25-26-27-28-29-30-31-33-34-36-38-40-43-46-49-55(58)61-52-53(51-60-54(57)48-45-42-15-12-9-6-3)62-56(59)50-47-44-41-39-37-35-32-23-21-19-17-14-11-8-5-2/h7,10,16-19,22-24,26-27,29-30,32-34,38,40,53H,4-6,8-9,11-15,20-21,25,28,31,35-37,39,41-52H2,1-3H3/b10-7-,18-16-,19-17-,24-22-,27-26-,30-29-,32-23-,34-33-,40-38-. The lowest BCUT2D eigenvalue weighted by Gasteiger charge is -2.18. The Hall–Kier alpha value is -3.93. The van der Waals surface area contributed by atoms with Crippen molar-refractivity contribution in [2.45, 2.75) is 213 Å². The molecular weight excluding hydrogens is 769 g/mol. The van der Waals surface area contributed by atoms with Crippen LogP contribution < -0.4 is 0 Å². The molecule has 6 heteroatoms. The molecule has 62 heavy (non-hydrogen) atoms. The Kier molecular flexibility index (Phi) is 46.6. The second kappa shape index (κ2) is 49.7. The van der Waals surface area contributed by atoms with Gasteiger partial charge in [0.15, 0.2) is 6.10 Å². The van der Waals surface area contributed by atoms with Gasteiger partial charge in [-0.25, -0.2) is 0 Å². The number of ether oxygens (including phenoxy) is 3. The number of carbonyl (C=O) groups excluding carboxylic acids is 3. The molecule has 0 aromatic heterocycles. The van der Waals surface area contributed by atoms with Gasteiger partial charge in [0.1, 0.15) is 13.2 Å². The molecule has 6 nitrogen and oxygen atoms in total. The molecule has 0 saturated carbocycles. The van der Waals surface area contributed by atoms with Crippen LogP contribution >= 0.6 is 0 Å². The van der Waals surface area contributed by atoms with Crippen LogP contribution in [0.1, 0.15) is 207 Å². The fourth-order valence-corrected chi connectivity index (χ4v) is 6.28. The Morgan fingerprint density at radius 2 is 0.645 bits per heavy atom. The predicted octanol–water partition coefficient (Wildman–Crippen LogP) is 16.4. The van der Waals surface area contributed by atoms with Gasteiger partial charge in [-0.15, -0.1) is 0 Å². The smallest absolute Gasteiger partial charge is 0.306 e. The number of rotatable bonds is 43. The Morgan fingerprint density at radius 1 is 0.339 bits per heavy atom. The quantitative estimate of drug-likeness (QED) is 0.0263. The van der Waals surface area contributed by atoms with Crippen LogP contribution in [0, 0.1) is 0 Å². The largest absolute Gasteiger partial charge is 0.462 e. The highest BCUT2D eigenvalue weighted by Gasteiger charge is 2.19. The normalized spacial score (nSPS) is 13.0. The summed E-state index contributed by atoms with van der Waals surface area (Å²) in [5.74, 6) is -0.998. The molecule has 0 radical (unpaired) electrons. The molecule has 0 spiro atoms. The number of hydrogen-bond donors (Lipinski definition) is 0. The van der Waals surface area contributed by atoms with Crippen molar-refractivity contribution in [1.82, 2.24) is 0 Å². The van der Waals surface area contributed by atoms with Crippen molar-refractivity contribution in [3.05, 3.63) is 109 Å². The number of esters is 3. The fraction of sp³-hybridized carbons (Fsp3) is 0.625. The molecule has 1 unspecified atom stereocenters. The maximum Gasteiger partial charge on any atom is 0.306 e. The van der Waals surface area contributed by atoms with E-state index in [2.05, 4.69) is 130 Å². The first kappa shape index (κ1) is 58.1. The molecule has 0 heterocycles. The molecule has 0 bridgehead atoms. The van der Waals surface area contributed by atoms with Crippen molar-refractivity contribution in [1.29, 1.82) is 0 Å². The maximum absolute atomic E-state index is 12.7. The summed E-state index contributed by atoms with van der Waals surface area (Å²) in [5.41, 5.74) is 0. The van der Waals surface area contributed by atoms with Gasteiger partial charge in [0.05, 0.1) is 0 Å². The third kappa shape index (κ3) is 47.1. The van der Waals surface area contributed by atoms with Gasteiger partial charge in [0, 0.05) is 19.3 Å². The molecule has 0 aromatic rings. The van der Waals surface area contributed by atoms with Crippen molar-refractivity contribution >= 4 is 17.9 Å². The van der Waals surface area contributed by atoms with Crippen LogP contribution in [0.2, 0.25) is 0 Å². The summed E-state index contributed by atoms with van der Waals surface area (Å²) in [5, 5.41) is 0. The van der Waals surface area contributed by atoms with Gasteiger partial charge >= 0.3 is 17.9 Å². The fourth-order valence-electron chi connectivity index (χ4n) is 6.28. The Morgan fingerprint density at radius 3 is 1.08 bits per heavy atom. The van der Waals surface area contributed by atoms with Crippen molar-refractivity contribution in [2.24, 2.45) is 0 Å². The summed E-state index contributed by atoms with van der Waals surface area (Å²) >= 11 is 0. The molecule has 0 fully saturated rings. The van der Waals surface area contributed by atoms with Crippen LogP contribution in [0.4, 0.5) is 0 Å². The molecule has 0 amide bonds. The molecule has 0 aliphatic rings. The number of carbonyl (C=O) groups is 3. The molecule has 0 aromatic carbocycles. The SMILES string of the molecule is CC/C=C\C/C=C\C/C=C\C/C=C\C/C=C\C/C=C\C/C=C\CCCC(=O)OCC(COC(=O)CCCCCCCC)OC(=O)CCCCCCC/C=C\C/C=C\CCCCC. The second-order valence-electron chi connectivity index (χ2n) is 16.0. The topological polar surface area (TPSA) is 78.9 Å². The number of unbranched alkanes of at least 4 members (excludes halogenated alkanes) is 14. The van der Waals surface area contributed by atoms with E-state index in [9.17, 15) is 14.4 Å². The Bertz CT molecular complexity index is 1310. The third-order valence-corrected chi connectivity index (χ3v) is 10.0. The van der Waals surface area contributed by atoms with Crippen LogP contribution in [-0.4, -0.2) is 37.2 Å². The summed E-state index contributed by atoms with van der Waals surface area (Å²) in [6.07, 6.45) is 66.7. The predicted molar refractivity (Wildman–Crippen MR) is 265 cm³/mol. The Balaban J connectivity index is 4.37. The van der Waals surface area contributed by atoms with Crippen molar-refractivity contribution in [3.63, 3.8) is 0 Å². The van der Waals surface area contributed by atoms with E-state index in [0.29, 0.717) is 19.3 Å². The first-order valence-electron chi connectivity index (χ1n) is 24.9. The van der Waals surface area contributed by atoms with E-state index in [1.165, 1.54) is 44.9 Å². The summed E-state index contributed by atoms with van der Waals surface area (Å²) in [6, 6.07) is 0. The highest BCUT2D eigenvalue weighted by atomic mass is 16.6. The van der Waals surface area contributed by atoms with E-state index in [4.69, 9.17) is 14.2 Å². The first-order valence-corrected chi connectivity index (χ1v) is 24.9. The van der Waals surface area contributed by atoms with E-state index in [-0.39, 0.29) is 37.5 Å². The van der Waals surface area contributed by atoms with Gasteiger partial charge in [0.2, 0.25) is 0 Å². The lowest BCUT2D eigenvalue weighted by Crippen LogP contribution is -2.30. The highest BCUT2D eigenvalue weighted by Crippen LogP contribution is 2.12. The third-order valence-electron chi connectivity index (χ3n) is 10.0. The number of allylic oxidation sites excluding steroid dienone is 18. The van der Waals surface area contributed by atoms with Gasteiger partial charge in [-0.2, -0.15) is 0 Å². The maximum atomic E-state index is 12.7. The number of hydrogen-bond acceptors (Lipinski definition) is 6. The minimum absolute atomic E-state index is 0.104. The molecule has 0 saturated heterocycles. The van der Waals surface area contributed by atoms with Crippen molar-refractivity contribution in [2.75, 3.05) is 13.2 Å². The molecule has 0 rings (SSSR count). The highest BCUT2D eigenvalue weighted by molar-refractivity contribution is 5.71. The second-order valence-corrected chi connectivity index (χ2v) is 16.0. The van der Waals surface area contributed by atoms with Crippen LogP contribution in [0.3, 0.4) is 0 Å². The van der Waals surface area contributed by atoms with E-state index >= 15 is 0 Å². The molecule has 0 N–H and O–H groups in total. The summed E-state index contributed by atoms with van der Waals surface area (Å²) in [7, 11) is 0. The average Bonchev–Trinajstić information content (AvgIpc) is 3.27.